The molecule has 0 saturated carbocycles. The molecule has 3 nitrogen and oxygen atoms in total. The van der Waals surface area contributed by atoms with Crippen LogP contribution < -0.4 is 15.2 Å². The Morgan fingerprint density at radius 3 is 2.58 bits per heavy atom. The van der Waals surface area contributed by atoms with E-state index in [-0.39, 0.29) is 11.4 Å². The first-order valence-electron chi connectivity index (χ1n) is 5.27. The quantitative estimate of drug-likeness (QED) is 0.824. The molecule has 0 fully saturated rings. The minimum atomic E-state index is -0.589. The molecule has 0 saturated heterocycles. The molecule has 0 aliphatic rings. The third kappa shape index (κ3) is 3.11. The lowest BCUT2D eigenvalue weighted by atomic mass is 10.2. The van der Waals surface area contributed by atoms with Gasteiger partial charge < -0.3 is 15.2 Å². The fourth-order valence-corrected chi connectivity index (χ4v) is 1.98. The van der Waals surface area contributed by atoms with Crippen molar-refractivity contribution < 1.29 is 13.9 Å². The van der Waals surface area contributed by atoms with E-state index in [1.165, 1.54) is 13.2 Å². The van der Waals surface area contributed by atoms with E-state index in [1.54, 1.807) is 18.2 Å². The van der Waals surface area contributed by atoms with Crippen LogP contribution in [0.2, 0.25) is 5.02 Å². The van der Waals surface area contributed by atoms with Crippen LogP contribution in [0, 0.1) is 5.82 Å². The molecule has 0 aliphatic heterocycles. The Hall–Kier alpha value is -1.46. The number of benzene rings is 2. The van der Waals surface area contributed by atoms with E-state index in [2.05, 4.69) is 15.9 Å². The van der Waals surface area contributed by atoms with Gasteiger partial charge in [-0.3, -0.25) is 0 Å². The zero-order valence-electron chi connectivity index (χ0n) is 9.91. The summed E-state index contributed by atoms with van der Waals surface area (Å²) in [5.74, 6) is 0.0738. The Morgan fingerprint density at radius 1 is 1.16 bits per heavy atom. The molecule has 0 bridgehead atoms. The zero-order valence-corrected chi connectivity index (χ0v) is 12.3. The molecule has 0 aliphatic carbocycles. The van der Waals surface area contributed by atoms with Crippen molar-refractivity contribution in [2.24, 2.45) is 0 Å². The van der Waals surface area contributed by atoms with E-state index in [9.17, 15) is 4.39 Å². The van der Waals surface area contributed by atoms with E-state index in [1.807, 2.05) is 0 Å². The van der Waals surface area contributed by atoms with Gasteiger partial charge in [-0.15, -0.1) is 0 Å². The first-order valence-corrected chi connectivity index (χ1v) is 6.44. The number of anilines is 1. The lowest BCUT2D eigenvalue weighted by molar-refractivity contribution is 0.403. The molecule has 6 heteroatoms. The summed E-state index contributed by atoms with van der Waals surface area (Å²) in [5.41, 5.74) is 5.80. The number of nitrogen functional groups attached to an aromatic ring is 1. The third-order valence-electron chi connectivity index (χ3n) is 2.40. The molecule has 0 atom stereocenters. The second-order valence-corrected chi connectivity index (χ2v) is 5.02. The van der Waals surface area contributed by atoms with Gasteiger partial charge in [-0.2, -0.15) is 0 Å². The predicted molar refractivity (Wildman–Crippen MR) is 76.6 cm³/mol. The molecule has 2 aromatic rings. The highest BCUT2D eigenvalue weighted by atomic mass is 79.9. The van der Waals surface area contributed by atoms with Crippen LogP contribution >= 0.6 is 27.5 Å². The normalized spacial score (nSPS) is 10.3. The largest absolute Gasteiger partial charge is 0.494 e. The lowest BCUT2D eigenvalue weighted by Gasteiger charge is -2.11. The number of rotatable bonds is 3. The van der Waals surface area contributed by atoms with Crippen molar-refractivity contribution in [1.82, 2.24) is 0 Å². The standard InChI is InChI=1S/C13H10BrClFNO2/c1-18-13-6-12(9(16)5-10(13)17)19-11-4-7(14)2-3-8(11)15/h2-6H,17H2,1H3. The monoisotopic (exact) mass is 345 g/mol. The first kappa shape index (κ1) is 14.0. The van der Waals surface area contributed by atoms with E-state index in [0.29, 0.717) is 16.5 Å². The number of halogens is 3. The molecule has 0 amide bonds. The van der Waals surface area contributed by atoms with Crippen LogP contribution in [0.25, 0.3) is 0 Å². The molecular formula is C13H10BrClFNO2. The van der Waals surface area contributed by atoms with Gasteiger partial charge in [-0.25, -0.2) is 4.39 Å². The second kappa shape index (κ2) is 5.67. The van der Waals surface area contributed by atoms with Gasteiger partial charge in [-0.1, -0.05) is 27.5 Å². The van der Waals surface area contributed by atoms with Crippen LogP contribution in [0.5, 0.6) is 17.2 Å². The first-order chi connectivity index (χ1) is 9.01. The second-order valence-electron chi connectivity index (χ2n) is 3.70. The van der Waals surface area contributed by atoms with Crippen molar-refractivity contribution in [2.45, 2.75) is 0 Å². The average Bonchev–Trinajstić information content (AvgIpc) is 2.37. The lowest BCUT2D eigenvalue weighted by Crippen LogP contribution is -1.96. The van der Waals surface area contributed by atoms with Crippen molar-refractivity contribution in [2.75, 3.05) is 12.8 Å². The molecule has 2 rings (SSSR count). The summed E-state index contributed by atoms with van der Waals surface area (Å²) in [6.45, 7) is 0. The Kier molecular flexibility index (Phi) is 4.17. The van der Waals surface area contributed by atoms with Crippen LogP contribution in [0.4, 0.5) is 10.1 Å². The van der Waals surface area contributed by atoms with Crippen molar-refractivity contribution in [3.8, 4) is 17.2 Å². The zero-order chi connectivity index (χ0) is 14.0. The molecule has 0 radical (unpaired) electrons. The molecule has 0 heterocycles. The van der Waals surface area contributed by atoms with Crippen molar-refractivity contribution >= 4 is 33.2 Å². The SMILES string of the molecule is COc1cc(Oc2cc(Br)ccc2Cl)c(F)cc1N. The van der Waals surface area contributed by atoms with Gasteiger partial charge in [0.2, 0.25) is 0 Å². The van der Waals surface area contributed by atoms with Gasteiger partial charge in [0.25, 0.3) is 0 Å². The highest BCUT2D eigenvalue weighted by Crippen LogP contribution is 2.36. The van der Waals surface area contributed by atoms with E-state index >= 15 is 0 Å². The Morgan fingerprint density at radius 2 is 1.89 bits per heavy atom. The van der Waals surface area contributed by atoms with Gasteiger partial charge in [0.05, 0.1) is 17.8 Å². The van der Waals surface area contributed by atoms with Gasteiger partial charge in [-0.05, 0) is 18.2 Å². The topological polar surface area (TPSA) is 44.5 Å². The maximum Gasteiger partial charge on any atom is 0.168 e. The summed E-state index contributed by atoms with van der Waals surface area (Å²) in [6, 6.07) is 7.56. The molecule has 100 valence electrons. The molecule has 2 N–H and O–H groups in total. The fraction of sp³-hybridized carbons (Fsp3) is 0.0769. The average molecular weight is 347 g/mol. The maximum absolute atomic E-state index is 13.8. The predicted octanol–water partition coefficient (Wildman–Crippen LogP) is 4.62. The minimum Gasteiger partial charge on any atom is -0.494 e. The number of hydrogen-bond donors (Lipinski definition) is 1. The van der Waals surface area contributed by atoms with E-state index < -0.39 is 5.82 Å². The van der Waals surface area contributed by atoms with Gasteiger partial charge in [0.1, 0.15) is 11.5 Å². The minimum absolute atomic E-state index is 0.00829. The van der Waals surface area contributed by atoms with Crippen molar-refractivity contribution in [3.05, 3.63) is 45.6 Å². The Balaban J connectivity index is 2.40. The summed E-state index contributed by atoms with van der Waals surface area (Å²) < 4.78 is 25.0. The highest BCUT2D eigenvalue weighted by molar-refractivity contribution is 9.10. The number of ether oxygens (including phenoxy) is 2. The van der Waals surface area contributed by atoms with E-state index in [4.69, 9.17) is 26.8 Å². The summed E-state index contributed by atoms with van der Waals surface area (Å²) in [6.07, 6.45) is 0. The van der Waals surface area contributed by atoms with Crippen LogP contribution in [0.15, 0.2) is 34.8 Å². The molecular weight excluding hydrogens is 337 g/mol. The van der Waals surface area contributed by atoms with Crippen molar-refractivity contribution in [1.29, 1.82) is 0 Å². The fourth-order valence-electron chi connectivity index (χ4n) is 1.48. The van der Waals surface area contributed by atoms with E-state index in [0.717, 1.165) is 10.5 Å². The summed E-state index contributed by atoms with van der Waals surface area (Å²) >= 11 is 9.27. The maximum atomic E-state index is 13.8. The van der Waals surface area contributed by atoms with Crippen LogP contribution in [0.1, 0.15) is 0 Å². The smallest absolute Gasteiger partial charge is 0.168 e. The molecule has 0 unspecified atom stereocenters. The number of hydrogen-bond acceptors (Lipinski definition) is 3. The third-order valence-corrected chi connectivity index (χ3v) is 3.20. The molecule has 2 aromatic carbocycles. The Labute approximate surface area is 123 Å². The molecule has 19 heavy (non-hydrogen) atoms. The van der Waals surface area contributed by atoms with Crippen molar-refractivity contribution in [3.63, 3.8) is 0 Å². The summed E-state index contributed by atoms with van der Waals surface area (Å²) in [5, 5.41) is 0.374. The molecule has 0 aromatic heterocycles. The Bertz CT molecular complexity index is 622. The van der Waals surface area contributed by atoms with Gasteiger partial charge in [0.15, 0.2) is 11.6 Å². The van der Waals surface area contributed by atoms with Crippen LogP contribution in [-0.4, -0.2) is 7.11 Å². The summed E-state index contributed by atoms with van der Waals surface area (Å²) in [4.78, 5) is 0. The number of nitrogens with two attached hydrogens (primary N) is 1. The van der Waals surface area contributed by atoms with Gasteiger partial charge in [0, 0.05) is 16.6 Å². The van der Waals surface area contributed by atoms with Crippen LogP contribution in [0.3, 0.4) is 0 Å². The number of methoxy groups -OCH3 is 1. The summed E-state index contributed by atoms with van der Waals surface area (Å²) in [7, 11) is 1.44. The molecule has 0 spiro atoms. The van der Waals surface area contributed by atoms with Crippen LogP contribution in [-0.2, 0) is 0 Å². The van der Waals surface area contributed by atoms with Gasteiger partial charge >= 0.3 is 0 Å². The highest BCUT2D eigenvalue weighted by Gasteiger charge is 2.12.